The second-order valence-corrected chi connectivity index (χ2v) is 7.79. The van der Waals surface area contributed by atoms with Crippen molar-refractivity contribution in [1.29, 1.82) is 0 Å². The van der Waals surface area contributed by atoms with Crippen LogP contribution in [-0.2, 0) is 9.59 Å². The molecule has 0 saturated carbocycles. The lowest BCUT2D eigenvalue weighted by Crippen LogP contribution is -2.44. The molecule has 0 bridgehead atoms. The van der Waals surface area contributed by atoms with Gasteiger partial charge in [-0.25, -0.2) is 4.79 Å². The highest BCUT2D eigenvalue weighted by atomic mass is 16.6. The summed E-state index contributed by atoms with van der Waals surface area (Å²) in [6, 6.07) is 2.27. The molecule has 152 valence electrons. The molecule has 0 aromatic heterocycles. The molecule has 1 aromatic carbocycles. The lowest BCUT2D eigenvalue weighted by atomic mass is 9.92. The van der Waals surface area contributed by atoms with Gasteiger partial charge in [0.1, 0.15) is 17.8 Å². The molecular formula is C19H26N4O5. The van der Waals surface area contributed by atoms with E-state index in [1.807, 2.05) is 13.8 Å². The number of nitrogens with zero attached hydrogens (tertiary/aromatic N) is 2. The molecule has 1 fully saturated rings. The van der Waals surface area contributed by atoms with Crippen molar-refractivity contribution in [1.82, 2.24) is 10.2 Å². The number of amides is 4. The fourth-order valence-electron chi connectivity index (χ4n) is 3.07. The van der Waals surface area contributed by atoms with Crippen molar-refractivity contribution >= 4 is 29.2 Å². The van der Waals surface area contributed by atoms with E-state index in [0.29, 0.717) is 17.9 Å². The Labute approximate surface area is 163 Å². The van der Waals surface area contributed by atoms with E-state index < -0.39 is 34.9 Å². The summed E-state index contributed by atoms with van der Waals surface area (Å²) in [6.07, 6.45) is 1.22. The van der Waals surface area contributed by atoms with Crippen molar-refractivity contribution in [3.05, 3.63) is 33.4 Å². The molecule has 1 atom stereocenters. The Bertz CT molecular complexity index is 836. The van der Waals surface area contributed by atoms with Gasteiger partial charge in [-0.15, -0.1) is 0 Å². The number of benzene rings is 1. The monoisotopic (exact) mass is 390 g/mol. The molecule has 0 radical (unpaired) electrons. The first-order valence-electron chi connectivity index (χ1n) is 9.15. The van der Waals surface area contributed by atoms with E-state index in [4.69, 9.17) is 0 Å². The number of rotatable bonds is 7. The molecule has 0 spiro atoms. The molecule has 0 unspecified atom stereocenters. The first-order chi connectivity index (χ1) is 13.0. The van der Waals surface area contributed by atoms with Gasteiger partial charge in [-0.1, -0.05) is 19.9 Å². The van der Waals surface area contributed by atoms with Crippen LogP contribution in [0.3, 0.4) is 0 Å². The minimum atomic E-state index is -1.05. The highest BCUT2D eigenvalue weighted by Gasteiger charge is 2.47. The summed E-state index contributed by atoms with van der Waals surface area (Å²) in [5.41, 5.74) is 0.117. The van der Waals surface area contributed by atoms with Crippen molar-refractivity contribution in [2.75, 3.05) is 11.9 Å². The van der Waals surface area contributed by atoms with E-state index in [-0.39, 0.29) is 11.4 Å². The maximum Gasteiger partial charge on any atom is 0.325 e. The molecule has 1 heterocycles. The van der Waals surface area contributed by atoms with Gasteiger partial charge in [0.2, 0.25) is 5.91 Å². The summed E-state index contributed by atoms with van der Waals surface area (Å²) in [7, 11) is 0. The Morgan fingerprint density at radius 2 is 1.96 bits per heavy atom. The van der Waals surface area contributed by atoms with Crippen LogP contribution in [0.2, 0.25) is 0 Å². The van der Waals surface area contributed by atoms with E-state index in [1.54, 1.807) is 26.8 Å². The third-order valence-corrected chi connectivity index (χ3v) is 5.04. The predicted molar refractivity (Wildman–Crippen MR) is 104 cm³/mol. The summed E-state index contributed by atoms with van der Waals surface area (Å²) < 4.78 is 0. The number of hydrogen-bond donors (Lipinski definition) is 2. The van der Waals surface area contributed by atoms with Gasteiger partial charge in [0.05, 0.1) is 4.92 Å². The first-order valence-corrected chi connectivity index (χ1v) is 9.15. The normalized spacial score (nSPS) is 19.1. The minimum Gasteiger partial charge on any atom is -0.323 e. The molecule has 2 N–H and O–H groups in total. The van der Waals surface area contributed by atoms with Crippen molar-refractivity contribution < 1.29 is 19.3 Å². The Kier molecular flexibility index (Phi) is 6.06. The van der Waals surface area contributed by atoms with Crippen LogP contribution in [0.15, 0.2) is 12.1 Å². The third-order valence-electron chi connectivity index (χ3n) is 5.04. The standard InChI is InChI=1S/C19H26N4O5/c1-11(2)8-9-19(5)17(25)22(18(26)21-19)10-15(24)20-16-13(4)12(3)6-7-14(16)23(27)28/h6-7,11H,8-10H2,1-5H3,(H,20,24)(H,21,26)/t19-/m1/s1. The number of nitrogens with one attached hydrogen (secondary N) is 2. The highest BCUT2D eigenvalue weighted by Crippen LogP contribution is 2.30. The van der Waals surface area contributed by atoms with Crippen LogP contribution in [0.4, 0.5) is 16.2 Å². The van der Waals surface area contributed by atoms with Crippen LogP contribution in [0.1, 0.15) is 44.7 Å². The maximum absolute atomic E-state index is 12.7. The number of urea groups is 1. The number of imide groups is 1. The summed E-state index contributed by atoms with van der Waals surface area (Å²) in [5, 5.41) is 16.4. The Morgan fingerprint density at radius 1 is 1.32 bits per heavy atom. The second-order valence-electron chi connectivity index (χ2n) is 7.79. The van der Waals surface area contributed by atoms with Crippen LogP contribution < -0.4 is 10.6 Å². The number of carbonyl (C=O) groups is 3. The molecule has 0 aliphatic carbocycles. The van der Waals surface area contributed by atoms with Gasteiger partial charge in [0.25, 0.3) is 11.6 Å². The van der Waals surface area contributed by atoms with Gasteiger partial charge in [0.15, 0.2) is 0 Å². The van der Waals surface area contributed by atoms with Crippen molar-refractivity contribution in [2.24, 2.45) is 5.92 Å². The summed E-state index contributed by atoms with van der Waals surface area (Å²) in [6.45, 7) is 8.61. The molecule has 9 heteroatoms. The summed E-state index contributed by atoms with van der Waals surface area (Å²) in [4.78, 5) is 48.9. The average Bonchev–Trinajstić information content (AvgIpc) is 2.81. The molecule has 1 aromatic rings. The highest BCUT2D eigenvalue weighted by molar-refractivity contribution is 6.10. The lowest BCUT2D eigenvalue weighted by Gasteiger charge is -2.22. The van der Waals surface area contributed by atoms with E-state index in [9.17, 15) is 24.5 Å². The van der Waals surface area contributed by atoms with Gasteiger partial charge >= 0.3 is 6.03 Å². The van der Waals surface area contributed by atoms with Gasteiger partial charge < -0.3 is 10.6 Å². The van der Waals surface area contributed by atoms with Crippen molar-refractivity contribution in [3.63, 3.8) is 0 Å². The van der Waals surface area contributed by atoms with Crippen LogP contribution in [-0.4, -0.2) is 39.8 Å². The topological polar surface area (TPSA) is 122 Å². The van der Waals surface area contributed by atoms with Gasteiger partial charge in [-0.3, -0.25) is 24.6 Å². The number of aryl methyl sites for hydroxylation is 1. The maximum atomic E-state index is 12.7. The Hall–Kier alpha value is -2.97. The summed E-state index contributed by atoms with van der Waals surface area (Å²) in [5.74, 6) is -0.777. The van der Waals surface area contributed by atoms with Crippen molar-refractivity contribution in [2.45, 2.75) is 53.0 Å². The zero-order chi connectivity index (χ0) is 21.2. The lowest BCUT2D eigenvalue weighted by molar-refractivity contribution is -0.384. The molecule has 28 heavy (non-hydrogen) atoms. The second kappa shape index (κ2) is 7.95. The fraction of sp³-hybridized carbons (Fsp3) is 0.526. The molecule has 1 saturated heterocycles. The Balaban J connectivity index is 2.16. The van der Waals surface area contributed by atoms with E-state index in [2.05, 4.69) is 10.6 Å². The largest absolute Gasteiger partial charge is 0.325 e. The van der Waals surface area contributed by atoms with E-state index >= 15 is 0 Å². The van der Waals surface area contributed by atoms with Gasteiger partial charge in [-0.2, -0.15) is 0 Å². The molecule has 1 aliphatic rings. The van der Waals surface area contributed by atoms with Crippen LogP contribution >= 0.6 is 0 Å². The van der Waals surface area contributed by atoms with Gasteiger partial charge in [0, 0.05) is 6.07 Å². The molecule has 9 nitrogen and oxygen atoms in total. The Morgan fingerprint density at radius 3 is 2.54 bits per heavy atom. The third kappa shape index (κ3) is 4.29. The number of anilines is 1. The molecular weight excluding hydrogens is 364 g/mol. The van der Waals surface area contributed by atoms with Crippen LogP contribution in [0, 0.1) is 29.9 Å². The fourth-order valence-corrected chi connectivity index (χ4v) is 3.07. The van der Waals surface area contributed by atoms with Crippen LogP contribution in [0.5, 0.6) is 0 Å². The van der Waals surface area contributed by atoms with E-state index in [1.165, 1.54) is 6.07 Å². The molecule has 1 aliphatic heterocycles. The quantitative estimate of drug-likeness (QED) is 0.421. The zero-order valence-electron chi connectivity index (χ0n) is 16.8. The van der Waals surface area contributed by atoms with Crippen molar-refractivity contribution in [3.8, 4) is 0 Å². The average molecular weight is 390 g/mol. The SMILES string of the molecule is Cc1ccc([N+](=O)[O-])c(NC(=O)CN2C(=O)N[C@](C)(CCC(C)C)C2=O)c1C. The number of carbonyl (C=O) groups excluding carboxylic acids is 3. The van der Waals surface area contributed by atoms with E-state index in [0.717, 1.165) is 16.9 Å². The molecule has 4 amide bonds. The molecule has 2 rings (SSSR count). The predicted octanol–water partition coefficient (Wildman–Crippen LogP) is 2.90. The number of hydrogen-bond acceptors (Lipinski definition) is 5. The number of nitro benzene ring substituents is 1. The number of nitro groups is 1. The first kappa shape index (κ1) is 21.3. The minimum absolute atomic E-state index is 0.0737. The smallest absolute Gasteiger partial charge is 0.323 e. The van der Waals surface area contributed by atoms with Gasteiger partial charge in [-0.05, 0) is 50.7 Å². The summed E-state index contributed by atoms with van der Waals surface area (Å²) >= 11 is 0. The zero-order valence-corrected chi connectivity index (χ0v) is 16.8. The van der Waals surface area contributed by atoms with Crippen LogP contribution in [0.25, 0.3) is 0 Å².